The van der Waals surface area contributed by atoms with Gasteiger partial charge >= 0.3 is 0 Å². The van der Waals surface area contributed by atoms with Crippen LogP contribution in [0.2, 0.25) is 0 Å². The van der Waals surface area contributed by atoms with Crippen LogP contribution >= 0.6 is 11.3 Å². The minimum atomic E-state index is -0.375. The predicted molar refractivity (Wildman–Crippen MR) is 72.4 cm³/mol. The summed E-state index contributed by atoms with van der Waals surface area (Å²) in [7, 11) is 0. The second kappa shape index (κ2) is 4.47. The van der Waals surface area contributed by atoms with Crippen molar-refractivity contribution in [3.05, 3.63) is 35.2 Å². The Kier molecular flexibility index (Phi) is 3.17. The van der Waals surface area contributed by atoms with E-state index in [0.717, 1.165) is 15.6 Å². The Morgan fingerprint density at radius 2 is 2.12 bits per heavy atom. The fraction of sp³-hybridized carbons (Fsp3) is 0.308. The van der Waals surface area contributed by atoms with Crippen LogP contribution in [0.3, 0.4) is 0 Å². The second-order valence-electron chi connectivity index (χ2n) is 4.69. The fourth-order valence-corrected chi connectivity index (χ4v) is 2.52. The fourth-order valence-electron chi connectivity index (χ4n) is 1.58. The number of carbonyl (C=O) groups excluding carboxylic acids is 1. The molecule has 90 valence electrons. The monoisotopic (exact) mass is 248 g/mol. The van der Waals surface area contributed by atoms with Crippen LogP contribution in [0.4, 0.5) is 0 Å². The molecule has 0 aliphatic heterocycles. The third kappa shape index (κ3) is 2.48. The first-order valence-electron chi connectivity index (χ1n) is 5.52. The highest BCUT2D eigenvalue weighted by Gasteiger charge is 2.20. The highest BCUT2D eigenvalue weighted by Crippen LogP contribution is 2.25. The summed E-state index contributed by atoms with van der Waals surface area (Å²) >= 11 is 1.58. The summed E-state index contributed by atoms with van der Waals surface area (Å²) in [6.45, 7) is 4.25. The van der Waals surface area contributed by atoms with Crippen LogP contribution in [0.5, 0.6) is 0 Å². The lowest BCUT2D eigenvalue weighted by Gasteiger charge is -2.23. The van der Waals surface area contributed by atoms with E-state index in [0.29, 0.717) is 6.54 Å². The zero-order chi connectivity index (χ0) is 12.5. The number of benzene rings is 1. The minimum absolute atomic E-state index is 0.0575. The zero-order valence-electron chi connectivity index (χ0n) is 9.99. The number of fused-ring (bicyclic) bond motifs is 1. The summed E-state index contributed by atoms with van der Waals surface area (Å²) in [5.74, 6) is -0.0575. The molecule has 0 aliphatic rings. The Labute approximate surface area is 105 Å². The third-order valence-electron chi connectivity index (χ3n) is 2.69. The SMILES string of the molecule is CC(C)(CN)NC(=O)c1csc2ccccc12. The first-order valence-corrected chi connectivity index (χ1v) is 6.40. The van der Waals surface area contributed by atoms with Crippen molar-refractivity contribution < 1.29 is 4.79 Å². The first kappa shape index (κ1) is 12.1. The quantitative estimate of drug-likeness (QED) is 0.876. The maximum atomic E-state index is 12.1. The minimum Gasteiger partial charge on any atom is -0.346 e. The normalized spacial score (nSPS) is 11.7. The topological polar surface area (TPSA) is 55.1 Å². The number of carbonyl (C=O) groups is 1. The smallest absolute Gasteiger partial charge is 0.253 e. The van der Waals surface area contributed by atoms with E-state index >= 15 is 0 Å². The van der Waals surface area contributed by atoms with Gasteiger partial charge in [-0.15, -0.1) is 11.3 Å². The summed E-state index contributed by atoms with van der Waals surface area (Å²) in [6, 6.07) is 7.91. The van der Waals surface area contributed by atoms with Gasteiger partial charge in [0.05, 0.1) is 5.56 Å². The van der Waals surface area contributed by atoms with Gasteiger partial charge < -0.3 is 11.1 Å². The Bertz CT molecular complexity index is 545. The molecule has 4 heteroatoms. The first-order chi connectivity index (χ1) is 8.03. The van der Waals surface area contributed by atoms with Crippen LogP contribution in [-0.4, -0.2) is 18.0 Å². The van der Waals surface area contributed by atoms with Crippen LogP contribution in [0.15, 0.2) is 29.6 Å². The molecule has 0 bridgehead atoms. The average molecular weight is 248 g/mol. The summed E-state index contributed by atoms with van der Waals surface area (Å²) in [6.07, 6.45) is 0. The van der Waals surface area contributed by atoms with Gasteiger partial charge in [-0.25, -0.2) is 0 Å². The standard InChI is InChI=1S/C13H16N2OS/c1-13(2,8-14)15-12(16)10-7-17-11-6-4-3-5-9(10)11/h3-7H,8,14H2,1-2H3,(H,15,16). The molecule has 0 aliphatic carbocycles. The molecular weight excluding hydrogens is 232 g/mol. The maximum Gasteiger partial charge on any atom is 0.253 e. The van der Waals surface area contributed by atoms with Crippen LogP contribution in [0.25, 0.3) is 10.1 Å². The summed E-state index contributed by atoms with van der Waals surface area (Å²) in [4.78, 5) is 12.1. The van der Waals surface area contributed by atoms with E-state index in [1.54, 1.807) is 11.3 Å². The summed E-state index contributed by atoms with van der Waals surface area (Å²) in [5, 5.41) is 5.84. The number of nitrogens with two attached hydrogens (primary N) is 1. The highest BCUT2D eigenvalue weighted by molar-refractivity contribution is 7.17. The van der Waals surface area contributed by atoms with Gasteiger partial charge in [-0.1, -0.05) is 18.2 Å². The van der Waals surface area contributed by atoms with Crippen molar-refractivity contribution in [1.29, 1.82) is 0 Å². The molecule has 0 atom stereocenters. The van der Waals surface area contributed by atoms with Gasteiger partial charge in [0, 0.05) is 27.5 Å². The van der Waals surface area contributed by atoms with Crippen LogP contribution in [0, 0.1) is 0 Å². The number of hydrogen-bond acceptors (Lipinski definition) is 3. The molecule has 0 saturated carbocycles. The molecule has 1 aromatic carbocycles. The van der Waals surface area contributed by atoms with Crippen molar-refractivity contribution in [3.63, 3.8) is 0 Å². The zero-order valence-corrected chi connectivity index (χ0v) is 10.8. The third-order valence-corrected chi connectivity index (χ3v) is 3.65. The number of nitrogens with one attached hydrogen (secondary N) is 1. The van der Waals surface area contributed by atoms with E-state index in [4.69, 9.17) is 5.73 Å². The van der Waals surface area contributed by atoms with Gasteiger partial charge in [-0.3, -0.25) is 4.79 Å². The number of amides is 1. The molecule has 1 heterocycles. The molecule has 0 unspecified atom stereocenters. The van der Waals surface area contributed by atoms with Gasteiger partial charge in [0.25, 0.3) is 5.91 Å². The van der Waals surface area contributed by atoms with E-state index in [1.165, 1.54) is 0 Å². The van der Waals surface area contributed by atoms with Crippen molar-refractivity contribution in [2.24, 2.45) is 5.73 Å². The molecule has 2 rings (SSSR count). The van der Waals surface area contributed by atoms with Crippen LogP contribution in [-0.2, 0) is 0 Å². The highest BCUT2D eigenvalue weighted by atomic mass is 32.1. The van der Waals surface area contributed by atoms with Crippen LogP contribution < -0.4 is 11.1 Å². The van der Waals surface area contributed by atoms with E-state index in [2.05, 4.69) is 5.32 Å². The van der Waals surface area contributed by atoms with Crippen molar-refractivity contribution in [1.82, 2.24) is 5.32 Å². The Morgan fingerprint density at radius 1 is 1.41 bits per heavy atom. The Morgan fingerprint density at radius 3 is 2.82 bits per heavy atom. The molecule has 0 saturated heterocycles. The van der Waals surface area contributed by atoms with E-state index in [-0.39, 0.29) is 11.4 Å². The lowest BCUT2D eigenvalue weighted by Crippen LogP contribution is -2.48. The average Bonchev–Trinajstić information content (AvgIpc) is 2.72. The molecular formula is C13H16N2OS. The molecule has 17 heavy (non-hydrogen) atoms. The molecule has 0 fully saturated rings. The van der Waals surface area contributed by atoms with Crippen molar-refractivity contribution in [2.45, 2.75) is 19.4 Å². The molecule has 0 radical (unpaired) electrons. The summed E-state index contributed by atoms with van der Waals surface area (Å²) in [5.41, 5.74) is 5.96. The number of thiophene rings is 1. The summed E-state index contributed by atoms with van der Waals surface area (Å²) < 4.78 is 1.13. The predicted octanol–water partition coefficient (Wildman–Crippen LogP) is 2.37. The maximum absolute atomic E-state index is 12.1. The lowest BCUT2D eigenvalue weighted by atomic mass is 10.1. The molecule has 1 amide bonds. The van der Waals surface area contributed by atoms with E-state index in [1.807, 2.05) is 43.5 Å². The van der Waals surface area contributed by atoms with E-state index in [9.17, 15) is 4.79 Å². The lowest BCUT2D eigenvalue weighted by molar-refractivity contribution is 0.0918. The Hall–Kier alpha value is -1.39. The van der Waals surface area contributed by atoms with Crippen molar-refractivity contribution >= 4 is 27.3 Å². The van der Waals surface area contributed by atoms with Gasteiger partial charge in [0.1, 0.15) is 0 Å². The Balaban J connectivity index is 2.31. The van der Waals surface area contributed by atoms with Crippen molar-refractivity contribution in [2.75, 3.05) is 6.54 Å². The molecule has 0 spiro atoms. The van der Waals surface area contributed by atoms with Gasteiger partial charge in [-0.05, 0) is 19.9 Å². The van der Waals surface area contributed by atoms with Gasteiger partial charge in [0.15, 0.2) is 0 Å². The van der Waals surface area contributed by atoms with Gasteiger partial charge in [-0.2, -0.15) is 0 Å². The second-order valence-corrected chi connectivity index (χ2v) is 5.60. The van der Waals surface area contributed by atoms with E-state index < -0.39 is 0 Å². The number of rotatable bonds is 3. The molecule has 3 nitrogen and oxygen atoms in total. The molecule has 3 N–H and O–H groups in total. The van der Waals surface area contributed by atoms with Gasteiger partial charge in [0.2, 0.25) is 0 Å². The molecule has 1 aromatic heterocycles. The van der Waals surface area contributed by atoms with Crippen molar-refractivity contribution in [3.8, 4) is 0 Å². The largest absolute Gasteiger partial charge is 0.346 e. The number of hydrogen-bond donors (Lipinski definition) is 2. The molecule has 2 aromatic rings. The van der Waals surface area contributed by atoms with Crippen LogP contribution in [0.1, 0.15) is 24.2 Å².